The molecule has 0 aliphatic heterocycles. The van der Waals surface area contributed by atoms with Crippen LogP contribution in [-0.4, -0.2) is 27.9 Å². The normalized spacial score (nSPS) is 10.8. The molecule has 2 aromatic heterocycles. The third-order valence-electron chi connectivity index (χ3n) is 3.51. The molecule has 5 nitrogen and oxygen atoms in total. The number of rotatable bonds is 6. The van der Waals surface area contributed by atoms with E-state index < -0.39 is 0 Å². The number of nitrogens with two attached hydrogens (primary N) is 1. The molecule has 0 fully saturated rings. The molecule has 0 saturated carbocycles. The fourth-order valence-electron chi connectivity index (χ4n) is 2.57. The Labute approximate surface area is 120 Å². The average Bonchev–Trinajstić information content (AvgIpc) is 2.73. The highest BCUT2D eigenvalue weighted by Crippen LogP contribution is 2.25. The van der Waals surface area contributed by atoms with Crippen molar-refractivity contribution in [3.63, 3.8) is 0 Å². The van der Waals surface area contributed by atoms with E-state index in [1.807, 2.05) is 24.1 Å². The van der Waals surface area contributed by atoms with Crippen molar-refractivity contribution in [2.75, 3.05) is 18.0 Å². The van der Waals surface area contributed by atoms with Crippen molar-refractivity contribution in [1.82, 2.24) is 14.8 Å². The van der Waals surface area contributed by atoms with Gasteiger partial charge in [-0.3, -0.25) is 9.67 Å². The first-order valence-electron chi connectivity index (χ1n) is 7.03. The lowest BCUT2D eigenvalue weighted by molar-refractivity contribution is 0.703. The van der Waals surface area contributed by atoms with Crippen LogP contribution in [0.3, 0.4) is 0 Å². The fourth-order valence-corrected chi connectivity index (χ4v) is 2.57. The number of hydrogen-bond donors (Lipinski definition) is 1. The number of aryl methyl sites for hydroxylation is 2. The van der Waals surface area contributed by atoms with E-state index in [4.69, 9.17) is 5.73 Å². The molecule has 108 valence electrons. The van der Waals surface area contributed by atoms with Gasteiger partial charge in [0.2, 0.25) is 0 Å². The molecule has 2 N–H and O–H groups in total. The van der Waals surface area contributed by atoms with Crippen molar-refractivity contribution in [3.05, 3.63) is 41.3 Å². The summed E-state index contributed by atoms with van der Waals surface area (Å²) in [4.78, 5) is 6.40. The first-order chi connectivity index (χ1) is 9.67. The Bertz CT molecular complexity index is 547. The third kappa shape index (κ3) is 2.99. The van der Waals surface area contributed by atoms with Crippen LogP contribution >= 0.6 is 0 Å². The van der Waals surface area contributed by atoms with Gasteiger partial charge in [-0.1, -0.05) is 0 Å². The number of nitrogens with zero attached hydrogens (tertiary/aromatic N) is 4. The lowest BCUT2D eigenvalue weighted by Gasteiger charge is -2.24. The number of pyridine rings is 1. The molecule has 2 heterocycles. The van der Waals surface area contributed by atoms with Gasteiger partial charge in [-0.25, -0.2) is 0 Å². The Morgan fingerprint density at radius 1 is 1.30 bits per heavy atom. The molecular weight excluding hydrogens is 250 g/mol. The molecule has 0 aromatic carbocycles. The lowest BCUT2D eigenvalue weighted by Crippen LogP contribution is -2.26. The van der Waals surface area contributed by atoms with Gasteiger partial charge in [0.05, 0.1) is 5.69 Å². The Morgan fingerprint density at radius 3 is 2.60 bits per heavy atom. The quantitative estimate of drug-likeness (QED) is 0.869. The van der Waals surface area contributed by atoms with Gasteiger partial charge in [0.1, 0.15) is 5.82 Å². The van der Waals surface area contributed by atoms with Crippen molar-refractivity contribution in [2.45, 2.75) is 26.8 Å². The van der Waals surface area contributed by atoms with Gasteiger partial charge >= 0.3 is 0 Å². The second-order valence-corrected chi connectivity index (χ2v) is 4.92. The molecule has 0 atom stereocenters. The van der Waals surface area contributed by atoms with Crippen LogP contribution in [0.1, 0.15) is 23.7 Å². The van der Waals surface area contributed by atoms with E-state index in [2.05, 4.69) is 41.0 Å². The van der Waals surface area contributed by atoms with Crippen LogP contribution in [0.25, 0.3) is 0 Å². The van der Waals surface area contributed by atoms with Crippen molar-refractivity contribution >= 4 is 5.82 Å². The minimum atomic E-state index is 0.645. The summed E-state index contributed by atoms with van der Waals surface area (Å²) in [5.41, 5.74) is 9.31. The lowest BCUT2D eigenvalue weighted by atomic mass is 10.1. The SMILES string of the molecule is CCN(Cc1ccncc1)c1c(CCN)c(C)nn1C. The Hall–Kier alpha value is -1.88. The fraction of sp³-hybridized carbons (Fsp3) is 0.467. The van der Waals surface area contributed by atoms with Gasteiger partial charge in [0.15, 0.2) is 0 Å². The first kappa shape index (κ1) is 14.5. The van der Waals surface area contributed by atoms with Gasteiger partial charge in [-0.2, -0.15) is 5.10 Å². The molecule has 20 heavy (non-hydrogen) atoms. The van der Waals surface area contributed by atoms with Crippen LogP contribution < -0.4 is 10.6 Å². The number of aromatic nitrogens is 3. The van der Waals surface area contributed by atoms with Gasteiger partial charge in [0, 0.05) is 38.1 Å². The molecule has 0 amide bonds. The van der Waals surface area contributed by atoms with E-state index in [-0.39, 0.29) is 0 Å². The standard InChI is InChI=1S/C15H23N5/c1-4-20(11-13-6-9-17-10-7-13)15-14(5-8-16)12(2)18-19(15)3/h6-7,9-10H,4-5,8,11,16H2,1-3H3. The van der Waals surface area contributed by atoms with Gasteiger partial charge in [-0.15, -0.1) is 0 Å². The maximum absolute atomic E-state index is 5.74. The predicted octanol–water partition coefficient (Wildman–Crippen LogP) is 1.65. The zero-order valence-corrected chi connectivity index (χ0v) is 12.5. The molecule has 2 aromatic rings. The first-order valence-corrected chi connectivity index (χ1v) is 7.03. The zero-order valence-electron chi connectivity index (χ0n) is 12.5. The maximum Gasteiger partial charge on any atom is 0.130 e. The largest absolute Gasteiger partial charge is 0.353 e. The van der Waals surface area contributed by atoms with Crippen molar-refractivity contribution < 1.29 is 0 Å². The van der Waals surface area contributed by atoms with Gasteiger partial charge < -0.3 is 10.6 Å². The highest BCUT2D eigenvalue weighted by atomic mass is 15.4. The summed E-state index contributed by atoms with van der Waals surface area (Å²) < 4.78 is 1.96. The number of anilines is 1. The van der Waals surface area contributed by atoms with E-state index in [1.165, 1.54) is 16.9 Å². The average molecular weight is 273 g/mol. The van der Waals surface area contributed by atoms with E-state index in [0.717, 1.165) is 25.2 Å². The summed E-state index contributed by atoms with van der Waals surface area (Å²) in [7, 11) is 2.00. The Kier molecular flexibility index (Phi) is 4.74. The van der Waals surface area contributed by atoms with Crippen LogP contribution in [0, 0.1) is 6.92 Å². The van der Waals surface area contributed by atoms with Crippen LogP contribution in [0.4, 0.5) is 5.82 Å². The molecule has 0 saturated heterocycles. The molecule has 0 aliphatic rings. The molecule has 5 heteroatoms. The minimum Gasteiger partial charge on any atom is -0.353 e. The van der Waals surface area contributed by atoms with E-state index in [9.17, 15) is 0 Å². The van der Waals surface area contributed by atoms with E-state index in [0.29, 0.717) is 6.54 Å². The second-order valence-electron chi connectivity index (χ2n) is 4.92. The van der Waals surface area contributed by atoms with Crippen LogP contribution in [0.2, 0.25) is 0 Å². The monoisotopic (exact) mass is 273 g/mol. The molecule has 0 unspecified atom stereocenters. The van der Waals surface area contributed by atoms with E-state index in [1.54, 1.807) is 0 Å². The van der Waals surface area contributed by atoms with Crippen LogP contribution in [0.5, 0.6) is 0 Å². The van der Waals surface area contributed by atoms with Gasteiger partial charge in [0.25, 0.3) is 0 Å². The molecule has 0 radical (unpaired) electrons. The highest BCUT2D eigenvalue weighted by molar-refractivity contribution is 5.50. The third-order valence-corrected chi connectivity index (χ3v) is 3.51. The smallest absolute Gasteiger partial charge is 0.130 e. The molecule has 0 aliphatic carbocycles. The topological polar surface area (TPSA) is 60.0 Å². The maximum atomic E-state index is 5.74. The van der Waals surface area contributed by atoms with Crippen molar-refractivity contribution in [3.8, 4) is 0 Å². The predicted molar refractivity (Wildman–Crippen MR) is 81.7 cm³/mol. The Balaban J connectivity index is 2.32. The summed E-state index contributed by atoms with van der Waals surface area (Å²) in [6.45, 7) is 6.64. The summed E-state index contributed by atoms with van der Waals surface area (Å²) >= 11 is 0. The Morgan fingerprint density at radius 2 is 2.00 bits per heavy atom. The second kappa shape index (κ2) is 6.52. The molecule has 0 bridgehead atoms. The molecular formula is C15H23N5. The van der Waals surface area contributed by atoms with Crippen molar-refractivity contribution in [1.29, 1.82) is 0 Å². The summed E-state index contributed by atoms with van der Waals surface area (Å²) in [6.07, 6.45) is 4.53. The summed E-state index contributed by atoms with van der Waals surface area (Å²) in [5, 5.41) is 4.55. The molecule has 0 spiro atoms. The van der Waals surface area contributed by atoms with Crippen molar-refractivity contribution in [2.24, 2.45) is 12.8 Å². The summed E-state index contributed by atoms with van der Waals surface area (Å²) in [5.74, 6) is 1.17. The minimum absolute atomic E-state index is 0.645. The van der Waals surface area contributed by atoms with Crippen LogP contribution in [0.15, 0.2) is 24.5 Å². The summed E-state index contributed by atoms with van der Waals surface area (Å²) in [6, 6.07) is 4.10. The molecule has 2 rings (SSSR count). The highest BCUT2D eigenvalue weighted by Gasteiger charge is 2.18. The van der Waals surface area contributed by atoms with Crippen LogP contribution in [-0.2, 0) is 20.0 Å². The van der Waals surface area contributed by atoms with E-state index >= 15 is 0 Å². The zero-order chi connectivity index (χ0) is 14.5. The van der Waals surface area contributed by atoms with Gasteiger partial charge in [-0.05, 0) is 44.5 Å². The number of hydrogen-bond acceptors (Lipinski definition) is 4.